The molecule has 4 nitrogen and oxygen atoms in total. The molecule has 0 amide bonds. The second-order valence-electron chi connectivity index (χ2n) is 6.25. The SMILES string of the molecule is CNCCc1c(C=O)cccc1OCCCCN1CCCCC1. The van der Waals surface area contributed by atoms with E-state index >= 15 is 0 Å². The van der Waals surface area contributed by atoms with Crippen molar-refractivity contribution in [3.63, 3.8) is 0 Å². The number of likely N-dealkylation sites (N-methyl/N-ethyl adjacent to an activating group) is 1. The van der Waals surface area contributed by atoms with E-state index in [1.54, 1.807) is 0 Å². The van der Waals surface area contributed by atoms with Crippen molar-refractivity contribution in [3.8, 4) is 5.75 Å². The van der Waals surface area contributed by atoms with E-state index in [2.05, 4.69) is 10.2 Å². The average Bonchev–Trinajstić information content (AvgIpc) is 2.60. The summed E-state index contributed by atoms with van der Waals surface area (Å²) < 4.78 is 5.96. The van der Waals surface area contributed by atoms with Gasteiger partial charge in [0.25, 0.3) is 0 Å². The Morgan fingerprint density at radius 1 is 1.22 bits per heavy atom. The van der Waals surface area contributed by atoms with Crippen molar-refractivity contribution in [1.82, 2.24) is 10.2 Å². The molecular weight excluding hydrogens is 288 g/mol. The first kappa shape index (κ1) is 18.0. The standard InChI is InChI=1S/C19H30N2O2/c1-20-11-10-18-17(16-22)8-7-9-19(18)23-15-6-5-14-21-12-3-2-4-13-21/h7-9,16,20H,2-6,10-15H2,1H3. The topological polar surface area (TPSA) is 41.6 Å². The summed E-state index contributed by atoms with van der Waals surface area (Å²) >= 11 is 0. The smallest absolute Gasteiger partial charge is 0.150 e. The zero-order valence-electron chi connectivity index (χ0n) is 14.4. The maximum absolute atomic E-state index is 11.2. The van der Waals surface area contributed by atoms with Gasteiger partial charge in [-0.1, -0.05) is 18.6 Å². The molecule has 0 bridgehead atoms. The Morgan fingerprint density at radius 3 is 2.78 bits per heavy atom. The highest BCUT2D eigenvalue weighted by Crippen LogP contribution is 2.22. The Bertz CT molecular complexity index is 470. The number of likely N-dealkylation sites (tertiary alicyclic amines) is 1. The Balaban J connectivity index is 1.76. The van der Waals surface area contributed by atoms with Crippen LogP contribution in [0.5, 0.6) is 5.75 Å². The molecule has 0 aromatic heterocycles. The first-order chi connectivity index (χ1) is 11.3. The van der Waals surface area contributed by atoms with Crippen LogP contribution in [0, 0.1) is 0 Å². The largest absolute Gasteiger partial charge is 0.493 e. The molecule has 0 unspecified atom stereocenters. The Morgan fingerprint density at radius 2 is 2.04 bits per heavy atom. The average molecular weight is 318 g/mol. The van der Waals surface area contributed by atoms with E-state index in [-0.39, 0.29) is 0 Å². The van der Waals surface area contributed by atoms with E-state index in [1.807, 2.05) is 25.2 Å². The second kappa shape index (κ2) is 10.4. The molecule has 0 atom stereocenters. The number of rotatable bonds is 10. The summed E-state index contributed by atoms with van der Waals surface area (Å²) in [7, 11) is 1.92. The highest BCUT2D eigenvalue weighted by atomic mass is 16.5. The van der Waals surface area contributed by atoms with Crippen LogP contribution in [0.15, 0.2) is 18.2 Å². The number of hydrogen-bond acceptors (Lipinski definition) is 4. The molecule has 128 valence electrons. The summed E-state index contributed by atoms with van der Waals surface area (Å²) in [6, 6.07) is 5.74. The Hall–Kier alpha value is -1.39. The number of nitrogens with zero attached hydrogens (tertiary/aromatic N) is 1. The van der Waals surface area contributed by atoms with Crippen molar-refractivity contribution >= 4 is 6.29 Å². The number of carbonyl (C=O) groups is 1. The summed E-state index contributed by atoms with van der Waals surface area (Å²) in [6.45, 7) is 5.27. The van der Waals surface area contributed by atoms with Crippen molar-refractivity contribution in [1.29, 1.82) is 0 Å². The first-order valence-electron chi connectivity index (χ1n) is 8.92. The minimum Gasteiger partial charge on any atom is -0.493 e. The van der Waals surface area contributed by atoms with E-state index in [4.69, 9.17) is 4.74 Å². The lowest BCUT2D eigenvalue weighted by atomic mass is 10.0. The number of benzene rings is 1. The first-order valence-corrected chi connectivity index (χ1v) is 8.92. The molecule has 23 heavy (non-hydrogen) atoms. The van der Waals surface area contributed by atoms with Crippen LogP contribution in [0.4, 0.5) is 0 Å². The van der Waals surface area contributed by atoms with Crippen molar-refractivity contribution in [2.24, 2.45) is 0 Å². The third kappa shape index (κ3) is 5.96. The maximum atomic E-state index is 11.2. The number of aldehydes is 1. The molecule has 1 saturated heterocycles. The van der Waals surface area contributed by atoms with Gasteiger partial charge in [0, 0.05) is 11.1 Å². The zero-order valence-corrected chi connectivity index (χ0v) is 14.4. The number of piperidine rings is 1. The molecule has 1 aliphatic rings. The van der Waals surface area contributed by atoms with Gasteiger partial charge < -0.3 is 15.0 Å². The van der Waals surface area contributed by atoms with Crippen LogP contribution < -0.4 is 10.1 Å². The monoisotopic (exact) mass is 318 g/mol. The fraction of sp³-hybridized carbons (Fsp3) is 0.632. The van der Waals surface area contributed by atoms with Gasteiger partial charge in [0.15, 0.2) is 0 Å². The van der Waals surface area contributed by atoms with Crippen LogP contribution in [0.25, 0.3) is 0 Å². The Labute approximate surface area is 140 Å². The molecule has 0 saturated carbocycles. The van der Waals surface area contributed by atoms with Gasteiger partial charge in [-0.2, -0.15) is 0 Å². The number of nitrogens with one attached hydrogen (secondary N) is 1. The lowest BCUT2D eigenvalue weighted by molar-refractivity contribution is 0.112. The van der Waals surface area contributed by atoms with Crippen molar-refractivity contribution in [3.05, 3.63) is 29.3 Å². The fourth-order valence-corrected chi connectivity index (χ4v) is 3.15. The number of unbranched alkanes of at least 4 members (excludes halogenated alkanes) is 1. The predicted octanol–water partition coefficient (Wildman–Crippen LogP) is 2.91. The third-order valence-electron chi connectivity index (χ3n) is 4.50. The maximum Gasteiger partial charge on any atom is 0.150 e. The quantitative estimate of drug-likeness (QED) is 0.532. The predicted molar refractivity (Wildman–Crippen MR) is 94.5 cm³/mol. The van der Waals surface area contributed by atoms with Gasteiger partial charge in [0.05, 0.1) is 6.61 Å². The van der Waals surface area contributed by atoms with Gasteiger partial charge in [-0.3, -0.25) is 4.79 Å². The highest BCUT2D eigenvalue weighted by molar-refractivity contribution is 5.78. The van der Waals surface area contributed by atoms with Crippen molar-refractivity contribution < 1.29 is 9.53 Å². The van der Waals surface area contributed by atoms with Crippen LogP contribution >= 0.6 is 0 Å². The van der Waals surface area contributed by atoms with E-state index in [1.165, 1.54) is 45.3 Å². The molecular formula is C19H30N2O2. The molecule has 1 heterocycles. The molecule has 2 rings (SSSR count). The van der Waals surface area contributed by atoms with Crippen LogP contribution in [-0.2, 0) is 6.42 Å². The van der Waals surface area contributed by atoms with Gasteiger partial charge in [-0.15, -0.1) is 0 Å². The van der Waals surface area contributed by atoms with E-state index in [0.29, 0.717) is 0 Å². The molecule has 1 N–H and O–H groups in total. The van der Waals surface area contributed by atoms with Crippen LogP contribution in [0.1, 0.15) is 48.0 Å². The second-order valence-corrected chi connectivity index (χ2v) is 6.25. The van der Waals surface area contributed by atoms with Crippen LogP contribution in [0.3, 0.4) is 0 Å². The minimum atomic E-state index is 0.725. The summed E-state index contributed by atoms with van der Waals surface area (Å²) in [4.78, 5) is 13.8. The molecule has 4 heteroatoms. The van der Waals surface area contributed by atoms with Gasteiger partial charge in [-0.25, -0.2) is 0 Å². The lowest BCUT2D eigenvalue weighted by Crippen LogP contribution is -2.30. The van der Waals surface area contributed by atoms with E-state index in [0.717, 1.165) is 49.2 Å². The summed E-state index contributed by atoms with van der Waals surface area (Å²) in [6.07, 6.45) is 8.07. The molecule has 0 spiro atoms. The van der Waals surface area contributed by atoms with Gasteiger partial charge >= 0.3 is 0 Å². The summed E-state index contributed by atoms with van der Waals surface area (Å²) in [5, 5.41) is 3.13. The van der Waals surface area contributed by atoms with Gasteiger partial charge in [0.2, 0.25) is 0 Å². The number of hydrogen-bond donors (Lipinski definition) is 1. The molecule has 1 aliphatic heterocycles. The number of ether oxygens (including phenoxy) is 1. The minimum absolute atomic E-state index is 0.725. The third-order valence-corrected chi connectivity index (χ3v) is 4.50. The van der Waals surface area contributed by atoms with Crippen LogP contribution in [-0.4, -0.2) is 51.0 Å². The molecule has 0 radical (unpaired) electrons. The molecule has 0 aliphatic carbocycles. The number of carbonyl (C=O) groups excluding carboxylic acids is 1. The van der Waals surface area contributed by atoms with Gasteiger partial charge in [0.1, 0.15) is 12.0 Å². The fourth-order valence-electron chi connectivity index (χ4n) is 3.15. The highest BCUT2D eigenvalue weighted by Gasteiger charge is 2.10. The van der Waals surface area contributed by atoms with Crippen molar-refractivity contribution in [2.45, 2.75) is 38.5 Å². The van der Waals surface area contributed by atoms with Crippen LogP contribution in [0.2, 0.25) is 0 Å². The summed E-state index contributed by atoms with van der Waals surface area (Å²) in [5.74, 6) is 0.864. The lowest BCUT2D eigenvalue weighted by Gasteiger charge is -2.26. The summed E-state index contributed by atoms with van der Waals surface area (Å²) in [5.41, 5.74) is 1.76. The van der Waals surface area contributed by atoms with E-state index < -0.39 is 0 Å². The van der Waals surface area contributed by atoms with Gasteiger partial charge in [-0.05, 0) is 71.4 Å². The molecule has 1 fully saturated rings. The van der Waals surface area contributed by atoms with E-state index in [9.17, 15) is 4.79 Å². The van der Waals surface area contributed by atoms with Crippen molar-refractivity contribution in [2.75, 3.05) is 39.8 Å². The normalized spacial score (nSPS) is 15.5. The Kier molecular flexibility index (Phi) is 8.12. The zero-order chi connectivity index (χ0) is 16.3. The molecule has 1 aromatic carbocycles. The molecule has 1 aromatic rings.